The Hall–Kier alpha value is -3.56. The average molecular weight is 453 g/mol. The number of phenolic OH excluding ortho intramolecular Hbond substituents is 1. The quantitative estimate of drug-likeness (QED) is 0.346. The van der Waals surface area contributed by atoms with Gasteiger partial charge in [0, 0.05) is 0 Å². The zero-order valence-corrected chi connectivity index (χ0v) is 20.0. The van der Waals surface area contributed by atoms with E-state index in [4.69, 9.17) is 9.47 Å². The number of hydrogen-bond acceptors (Lipinski definition) is 3. The van der Waals surface area contributed by atoms with Crippen LogP contribution in [0.25, 0.3) is 11.6 Å². The molecule has 0 spiro atoms. The van der Waals surface area contributed by atoms with Crippen molar-refractivity contribution < 1.29 is 14.6 Å². The van der Waals surface area contributed by atoms with Gasteiger partial charge in [-0.2, -0.15) is 0 Å². The van der Waals surface area contributed by atoms with E-state index in [2.05, 4.69) is 43.0 Å². The lowest BCUT2D eigenvalue weighted by atomic mass is 9.93. The lowest BCUT2D eigenvalue weighted by Crippen LogP contribution is -2.14. The van der Waals surface area contributed by atoms with Crippen molar-refractivity contribution in [3.63, 3.8) is 0 Å². The van der Waals surface area contributed by atoms with Gasteiger partial charge in [-0.15, -0.1) is 0 Å². The van der Waals surface area contributed by atoms with Gasteiger partial charge < -0.3 is 14.6 Å². The monoisotopic (exact) mass is 452 g/mol. The van der Waals surface area contributed by atoms with Crippen LogP contribution in [0, 0.1) is 13.8 Å². The highest BCUT2D eigenvalue weighted by Gasteiger charge is 2.23. The molecule has 0 amide bonds. The Morgan fingerprint density at radius 1 is 1.03 bits per heavy atom. The third-order valence-corrected chi connectivity index (χ3v) is 6.19. The summed E-state index contributed by atoms with van der Waals surface area (Å²) in [7, 11) is 0. The van der Waals surface area contributed by atoms with E-state index in [9.17, 15) is 5.11 Å². The maximum atomic E-state index is 10.2. The molecule has 0 saturated heterocycles. The van der Waals surface area contributed by atoms with Gasteiger partial charge in [0.05, 0.1) is 12.7 Å². The van der Waals surface area contributed by atoms with Gasteiger partial charge in [0.25, 0.3) is 0 Å². The van der Waals surface area contributed by atoms with Gasteiger partial charge in [-0.25, -0.2) is 0 Å². The zero-order chi connectivity index (χ0) is 23.9. The predicted molar refractivity (Wildman–Crippen MR) is 140 cm³/mol. The van der Waals surface area contributed by atoms with Crippen molar-refractivity contribution in [1.82, 2.24) is 0 Å². The number of allylic oxidation sites excluding steroid dienone is 1. The van der Waals surface area contributed by atoms with Crippen molar-refractivity contribution in [3.8, 4) is 11.5 Å². The number of benzene rings is 3. The standard InChI is InChI=1S/C31H32O3/c1-22-18-25(19-23(2)31(22)32)20-27(26-10-6-4-7-11-26)14-15-30-29(16-17-33-30)24(3)21-34-28-12-8-5-9-13-28/h4-13,16,18-20,30,32H,3,14-15,17,21H2,1-2H3/b27-20-. The molecule has 0 saturated carbocycles. The lowest BCUT2D eigenvalue weighted by molar-refractivity contribution is 0.117. The Morgan fingerprint density at radius 2 is 1.68 bits per heavy atom. The maximum absolute atomic E-state index is 10.2. The molecule has 0 fully saturated rings. The van der Waals surface area contributed by atoms with Crippen molar-refractivity contribution in [1.29, 1.82) is 0 Å². The van der Waals surface area contributed by atoms with Gasteiger partial charge in [0.2, 0.25) is 0 Å². The number of hydrogen-bond donors (Lipinski definition) is 1. The fraction of sp³-hybridized carbons (Fsp3) is 0.226. The molecule has 3 aromatic carbocycles. The number of rotatable bonds is 9. The van der Waals surface area contributed by atoms with Crippen LogP contribution >= 0.6 is 0 Å². The first-order valence-electron chi connectivity index (χ1n) is 11.7. The molecule has 1 aliphatic rings. The van der Waals surface area contributed by atoms with Crippen LogP contribution in [0.5, 0.6) is 11.5 Å². The second-order valence-electron chi connectivity index (χ2n) is 8.76. The summed E-state index contributed by atoms with van der Waals surface area (Å²) in [5.41, 5.74) is 7.40. The molecule has 4 rings (SSSR count). The second-order valence-corrected chi connectivity index (χ2v) is 8.76. The van der Waals surface area contributed by atoms with Gasteiger partial charge in [0.1, 0.15) is 18.1 Å². The Labute approximate surface area is 202 Å². The number of phenols is 1. The first-order valence-corrected chi connectivity index (χ1v) is 11.7. The minimum absolute atomic E-state index is 0.00211. The summed E-state index contributed by atoms with van der Waals surface area (Å²) < 4.78 is 12.0. The highest BCUT2D eigenvalue weighted by atomic mass is 16.5. The van der Waals surface area contributed by atoms with Crippen molar-refractivity contribution in [2.24, 2.45) is 0 Å². The summed E-state index contributed by atoms with van der Waals surface area (Å²) >= 11 is 0. The van der Waals surface area contributed by atoms with Gasteiger partial charge in [-0.3, -0.25) is 0 Å². The molecule has 1 heterocycles. The molecular formula is C31H32O3. The fourth-order valence-electron chi connectivity index (χ4n) is 4.37. The normalized spacial score (nSPS) is 15.8. The van der Waals surface area contributed by atoms with E-state index >= 15 is 0 Å². The summed E-state index contributed by atoms with van der Waals surface area (Å²) in [5, 5.41) is 10.2. The molecule has 1 atom stereocenters. The zero-order valence-electron chi connectivity index (χ0n) is 20.0. The summed E-state index contributed by atoms with van der Waals surface area (Å²) in [6.07, 6.45) is 6.06. The van der Waals surface area contributed by atoms with E-state index in [1.54, 1.807) is 0 Å². The molecule has 34 heavy (non-hydrogen) atoms. The minimum atomic E-state index is 0.00211. The summed E-state index contributed by atoms with van der Waals surface area (Å²) in [4.78, 5) is 0. The Balaban J connectivity index is 1.48. The fourth-order valence-corrected chi connectivity index (χ4v) is 4.37. The Bertz CT molecular complexity index is 1170. The van der Waals surface area contributed by atoms with Gasteiger partial charge in [-0.1, -0.05) is 67.3 Å². The third kappa shape index (κ3) is 5.86. The molecule has 1 N–H and O–H groups in total. The van der Waals surface area contributed by atoms with Gasteiger partial charge in [0.15, 0.2) is 0 Å². The van der Waals surface area contributed by atoms with Crippen LogP contribution < -0.4 is 4.74 Å². The molecule has 0 aromatic heterocycles. The van der Waals surface area contributed by atoms with E-state index < -0.39 is 0 Å². The largest absolute Gasteiger partial charge is 0.507 e. The summed E-state index contributed by atoms with van der Waals surface area (Å²) in [6.45, 7) is 9.20. The average Bonchev–Trinajstić information content (AvgIpc) is 3.33. The van der Waals surface area contributed by atoms with Crippen LogP contribution in [-0.4, -0.2) is 24.4 Å². The number of aromatic hydroxyl groups is 1. The molecule has 0 radical (unpaired) electrons. The molecule has 3 nitrogen and oxygen atoms in total. The van der Waals surface area contributed by atoms with E-state index in [1.807, 2.05) is 62.4 Å². The smallest absolute Gasteiger partial charge is 0.121 e. The summed E-state index contributed by atoms with van der Waals surface area (Å²) in [5.74, 6) is 1.21. The van der Waals surface area contributed by atoms with E-state index in [1.165, 1.54) is 11.1 Å². The van der Waals surface area contributed by atoms with Crippen LogP contribution in [0.4, 0.5) is 0 Å². The van der Waals surface area contributed by atoms with Crippen LogP contribution in [0.15, 0.2) is 96.6 Å². The Kier molecular flexibility index (Phi) is 7.66. The van der Waals surface area contributed by atoms with E-state index in [0.29, 0.717) is 19.0 Å². The molecule has 0 bridgehead atoms. The molecule has 1 aliphatic heterocycles. The molecule has 174 valence electrons. The number of para-hydroxylation sites is 1. The SMILES string of the molecule is C=C(COc1ccccc1)C1=CCOC1CC/C(=C/c1cc(C)c(O)c(C)c1)c1ccccc1. The minimum Gasteiger partial charge on any atom is -0.507 e. The molecule has 3 aromatic rings. The Morgan fingerprint density at radius 3 is 2.35 bits per heavy atom. The summed E-state index contributed by atoms with van der Waals surface area (Å²) in [6, 6.07) is 24.3. The molecule has 3 heteroatoms. The lowest BCUT2D eigenvalue weighted by Gasteiger charge is -2.18. The van der Waals surface area contributed by atoms with Crippen LogP contribution in [0.2, 0.25) is 0 Å². The first-order chi connectivity index (χ1) is 16.5. The molecule has 1 unspecified atom stereocenters. The van der Waals surface area contributed by atoms with Gasteiger partial charge in [-0.05, 0) is 89.9 Å². The molecule has 0 aliphatic carbocycles. The highest BCUT2D eigenvalue weighted by Crippen LogP contribution is 2.31. The maximum Gasteiger partial charge on any atom is 0.121 e. The van der Waals surface area contributed by atoms with Gasteiger partial charge >= 0.3 is 0 Å². The van der Waals surface area contributed by atoms with Crippen molar-refractivity contribution in [3.05, 3.63) is 119 Å². The van der Waals surface area contributed by atoms with Crippen LogP contribution in [-0.2, 0) is 4.74 Å². The predicted octanol–water partition coefficient (Wildman–Crippen LogP) is 7.29. The second kappa shape index (κ2) is 11.0. The molecular weight excluding hydrogens is 420 g/mol. The number of ether oxygens (including phenoxy) is 2. The third-order valence-electron chi connectivity index (χ3n) is 6.19. The van der Waals surface area contributed by atoms with Crippen LogP contribution in [0.1, 0.15) is 35.1 Å². The van der Waals surface area contributed by atoms with E-state index in [0.717, 1.165) is 46.4 Å². The van der Waals surface area contributed by atoms with Crippen molar-refractivity contribution >= 4 is 11.6 Å². The van der Waals surface area contributed by atoms with Crippen molar-refractivity contribution in [2.45, 2.75) is 32.8 Å². The number of aryl methyl sites for hydroxylation is 2. The van der Waals surface area contributed by atoms with E-state index in [-0.39, 0.29) is 6.10 Å². The first kappa shape index (κ1) is 23.6. The van der Waals surface area contributed by atoms with Crippen molar-refractivity contribution in [2.75, 3.05) is 13.2 Å². The topological polar surface area (TPSA) is 38.7 Å². The highest BCUT2D eigenvalue weighted by molar-refractivity contribution is 5.82. The van der Waals surface area contributed by atoms with Crippen LogP contribution in [0.3, 0.4) is 0 Å².